The van der Waals surface area contributed by atoms with Crippen LogP contribution >= 0.6 is 23.5 Å². The summed E-state index contributed by atoms with van der Waals surface area (Å²) in [6.45, 7) is 3.40. The largest absolute Gasteiger partial charge is 0.484 e. The van der Waals surface area contributed by atoms with Gasteiger partial charge in [-0.2, -0.15) is 0 Å². The lowest BCUT2D eigenvalue weighted by Gasteiger charge is -2.31. The van der Waals surface area contributed by atoms with Crippen LogP contribution in [0.2, 0.25) is 5.02 Å². The molecule has 1 aromatic rings. The number of nitrogens with zero attached hydrogens (tertiary/aromatic N) is 1. The van der Waals surface area contributed by atoms with Crippen LogP contribution in [0.4, 0.5) is 0 Å². The van der Waals surface area contributed by atoms with Crippen molar-refractivity contribution in [3.05, 3.63) is 29.3 Å². The van der Waals surface area contributed by atoms with E-state index in [0.29, 0.717) is 16.0 Å². The minimum Gasteiger partial charge on any atom is -0.484 e. The van der Waals surface area contributed by atoms with E-state index in [1.807, 2.05) is 4.90 Å². The highest BCUT2D eigenvalue weighted by Crippen LogP contribution is 2.21. The first kappa shape index (κ1) is 19.4. The topological polar surface area (TPSA) is 50.8 Å². The fraction of sp³-hybridized carbons (Fsp3) is 0.588. The van der Waals surface area contributed by atoms with Gasteiger partial charge in [0.15, 0.2) is 6.61 Å². The molecule has 0 atom stereocenters. The zero-order valence-electron chi connectivity index (χ0n) is 14.0. The van der Waals surface area contributed by atoms with E-state index in [2.05, 4.69) is 4.72 Å². The zero-order valence-corrected chi connectivity index (χ0v) is 15.6. The van der Waals surface area contributed by atoms with Gasteiger partial charge in [-0.15, -0.1) is 0 Å². The number of hydrogen-bond acceptors (Lipinski definition) is 5. The van der Waals surface area contributed by atoms with Crippen LogP contribution in [0.5, 0.6) is 5.75 Å². The molecule has 0 unspecified atom stereocenters. The summed E-state index contributed by atoms with van der Waals surface area (Å²) in [5, 5.41) is 1.22. The fourth-order valence-electron chi connectivity index (χ4n) is 2.46. The highest BCUT2D eigenvalue weighted by molar-refractivity contribution is 7.98. The number of nitrogens with one attached hydrogen (secondary N) is 1. The number of methoxy groups -OCH3 is 1. The molecular weight excluding hydrogens is 348 g/mol. The van der Waals surface area contributed by atoms with Crippen molar-refractivity contribution in [2.75, 3.05) is 40.0 Å². The van der Waals surface area contributed by atoms with E-state index in [9.17, 15) is 4.79 Å². The molecule has 1 aromatic carbocycles. The summed E-state index contributed by atoms with van der Waals surface area (Å²) in [5.74, 6) is 0.708. The maximum Gasteiger partial charge on any atom is 0.260 e. The van der Waals surface area contributed by atoms with Crippen molar-refractivity contribution in [1.29, 1.82) is 0 Å². The first-order valence-corrected chi connectivity index (χ1v) is 9.48. The molecule has 1 aliphatic heterocycles. The maximum atomic E-state index is 12.2. The van der Waals surface area contributed by atoms with Crippen LogP contribution in [0.15, 0.2) is 24.3 Å². The molecule has 1 heterocycles. The van der Waals surface area contributed by atoms with Crippen molar-refractivity contribution < 1.29 is 14.3 Å². The number of amides is 1. The van der Waals surface area contributed by atoms with Crippen LogP contribution in [0, 0.1) is 0 Å². The Morgan fingerprint density at radius 2 is 2.04 bits per heavy atom. The Morgan fingerprint density at radius 3 is 2.71 bits per heavy atom. The standard InChI is InChI=1S/C17H25ClN2O3S/c1-22-12-2-9-19-24-16-7-10-20(11-8-16)17(21)13-23-15-5-3-14(18)4-6-15/h3-6,16,19H,2,7-13H2,1H3. The highest BCUT2D eigenvalue weighted by Gasteiger charge is 2.23. The molecule has 0 aliphatic carbocycles. The molecule has 5 nitrogen and oxygen atoms in total. The molecule has 0 bridgehead atoms. The Kier molecular flexibility index (Phi) is 8.74. The number of carbonyl (C=O) groups is 1. The molecule has 1 amide bonds. The Bertz CT molecular complexity index is 493. The average Bonchev–Trinajstić information content (AvgIpc) is 2.61. The summed E-state index contributed by atoms with van der Waals surface area (Å²) in [5.41, 5.74) is 0. The predicted octanol–water partition coefficient (Wildman–Crippen LogP) is 2.98. The number of halogens is 1. The third-order valence-electron chi connectivity index (χ3n) is 3.85. The molecule has 0 spiro atoms. The van der Waals surface area contributed by atoms with Crippen molar-refractivity contribution in [2.24, 2.45) is 0 Å². The normalized spacial score (nSPS) is 15.5. The Balaban J connectivity index is 1.61. The molecule has 0 radical (unpaired) electrons. The molecule has 0 saturated carbocycles. The van der Waals surface area contributed by atoms with Gasteiger partial charge in [0.1, 0.15) is 5.75 Å². The molecule has 134 valence electrons. The van der Waals surface area contributed by atoms with E-state index in [4.69, 9.17) is 21.1 Å². The number of likely N-dealkylation sites (tertiary alicyclic amines) is 1. The molecule has 1 N–H and O–H groups in total. The lowest BCUT2D eigenvalue weighted by atomic mass is 10.1. The van der Waals surface area contributed by atoms with Gasteiger partial charge in [-0.3, -0.25) is 9.52 Å². The van der Waals surface area contributed by atoms with Gasteiger partial charge in [-0.25, -0.2) is 0 Å². The molecule has 1 saturated heterocycles. The van der Waals surface area contributed by atoms with Gasteiger partial charge in [0, 0.05) is 43.6 Å². The minimum absolute atomic E-state index is 0.0430. The quantitative estimate of drug-likeness (QED) is 0.533. The lowest BCUT2D eigenvalue weighted by Crippen LogP contribution is -2.42. The number of benzene rings is 1. The van der Waals surface area contributed by atoms with Gasteiger partial charge in [-0.05, 0) is 43.5 Å². The SMILES string of the molecule is COCCCNSC1CCN(C(=O)COc2ccc(Cl)cc2)CC1. The lowest BCUT2D eigenvalue weighted by molar-refractivity contribution is -0.134. The smallest absolute Gasteiger partial charge is 0.260 e. The van der Waals surface area contributed by atoms with Crippen molar-refractivity contribution in [3.63, 3.8) is 0 Å². The van der Waals surface area contributed by atoms with E-state index < -0.39 is 0 Å². The van der Waals surface area contributed by atoms with Crippen LogP contribution in [-0.2, 0) is 9.53 Å². The summed E-state index contributed by atoms with van der Waals surface area (Å²) in [6.07, 6.45) is 3.03. The summed E-state index contributed by atoms with van der Waals surface area (Å²) in [4.78, 5) is 14.1. The Labute approximate surface area is 153 Å². The molecule has 0 aromatic heterocycles. The number of hydrogen-bond donors (Lipinski definition) is 1. The minimum atomic E-state index is 0.0430. The van der Waals surface area contributed by atoms with E-state index in [-0.39, 0.29) is 12.5 Å². The monoisotopic (exact) mass is 372 g/mol. The summed E-state index contributed by atoms with van der Waals surface area (Å²) < 4.78 is 13.9. The number of rotatable bonds is 9. The summed E-state index contributed by atoms with van der Waals surface area (Å²) >= 11 is 7.61. The van der Waals surface area contributed by atoms with Gasteiger partial charge < -0.3 is 14.4 Å². The average molecular weight is 373 g/mol. The van der Waals surface area contributed by atoms with E-state index in [0.717, 1.165) is 45.5 Å². The first-order chi connectivity index (χ1) is 11.7. The van der Waals surface area contributed by atoms with Gasteiger partial charge in [0.05, 0.1) is 0 Å². The third kappa shape index (κ3) is 6.89. The number of carbonyl (C=O) groups excluding carboxylic acids is 1. The van der Waals surface area contributed by atoms with E-state index in [1.54, 1.807) is 43.3 Å². The molecule has 24 heavy (non-hydrogen) atoms. The molecule has 2 rings (SSSR count). The Morgan fingerprint density at radius 1 is 1.33 bits per heavy atom. The van der Waals surface area contributed by atoms with Crippen molar-refractivity contribution in [3.8, 4) is 5.75 Å². The van der Waals surface area contributed by atoms with Crippen molar-refractivity contribution in [1.82, 2.24) is 9.62 Å². The first-order valence-electron chi connectivity index (χ1n) is 8.22. The zero-order chi connectivity index (χ0) is 17.2. The molecule has 7 heteroatoms. The number of piperidine rings is 1. The predicted molar refractivity (Wildman–Crippen MR) is 98.6 cm³/mol. The van der Waals surface area contributed by atoms with Crippen LogP contribution in [0.3, 0.4) is 0 Å². The van der Waals surface area contributed by atoms with Crippen LogP contribution in [0.1, 0.15) is 19.3 Å². The summed E-state index contributed by atoms with van der Waals surface area (Å²) in [7, 11) is 1.72. The van der Waals surface area contributed by atoms with Gasteiger partial charge in [0.2, 0.25) is 0 Å². The van der Waals surface area contributed by atoms with Gasteiger partial charge in [0.25, 0.3) is 5.91 Å². The second kappa shape index (κ2) is 10.8. The molecule has 1 fully saturated rings. The molecule has 1 aliphatic rings. The summed E-state index contributed by atoms with van der Waals surface area (Å²) in [6, 6.07) is 7.05. The van der Waals surface area contributed by atoms with E-state index >= 15 is 0 Å². The van der Waals surface area contributed by atoms with Crippen LogP contribution in [-0.4, -0.2) is 56.0 Å². The fourth-order valence-corrected chi connectivity index (χ4v) is 3.53. The maximum absolute atomic E-state index is 12.2. The molecular formula is C17H25ClN2O3S. The van der Waals surface area contributed by atoms with Gasteiger partial charge in [-0.1, -0.05) is 23.5 Å². The highest BCUT2D eigenvalue weighted by atomic mass is 35.5. The van der Waals surface area contributed by atoms with Crippen LogP contribution in [0.25, 0.3) is 0 Å². The van der Waals surface area contributed by atoms with Gasteiger partial charge >= 0.3 is 0 Å². The second-order valence-electron chi connectivity index (χ2n) is 5.68. The van der Waals surface area contributed by atoms with Crippen molar-refractivity contribution in [2.45, 2.75) is 24.5 Å². The Hall–Kier alpha value is -0.950. The second-order valence-corrected chi connectivity index (χ2v) is 7.31. The van der Waals surface area contributed by atoms with E-state index in [1.165, 1.54) is 0 Å². The van der Waals surface area contributed by atoms with Crippen molar-refractivity contribution >= 4 is 29.5 Å². The van der Waals surface area contributed by atoms with Crippen LogP contribution < -0.4 is 9.46 Å². The third-order valence-corrected chi connectivity index (χ3v) is 5.28. The number of ether oxygens (including phenoxy) is 2.